The molecule has 5 heteroatoms. The van der Waals surface area contributed by atoms with E-state index in [9.17, 15) is 4.79 Å². The van der Waals surface area contributed by atoms with E-state index in [0.29, 0.717) is 0 Å². The number of fused-ring (bicyclic) bond motifs is 2. The highest BCUT2D eigenvalue weighted by Crippen LogP contribution is 2.09. The van der Waals surface area contributed by atoms with Gasteiger partial charge in [-0.1, -0.05) is 13.8 Å². The molecule has 0 unspecified atom stereocenters. The monoisotopic (exact) mass is 254 g/mol. The largest absolute Gasteiger partial charge is 0.322 e. The highest BCUT2D eigenvalue weighted by molar-refractivity contribution is 5.76. The van der Waals surface area contributed by atoms with Crippen LogP contribution < -0.4 is 0 Å². The van der Waals surface area contributed by atoms with Crippen LogP contribution in [0.4, 0.5) is 4.79 Å². The fraction of sp³-hybridized carbons (Fsp3) is 0.923. The molecule has 0 aromatic heterocycles. The molecule has 0 saturated carbocycles. The Hall–Kier alpha value is -0.810. The summed E-state index contributed by atoms with van der Waals surface area (Å²) >= 11 is 0. The molecule has 2 bridgehead atoms. The molecule has 2 aliphatic heterocycles. The number of likely N-dealkylation sites (N-methyl/N-ethyl adjacent to an activating group) is 2. The van der Waals surface area contributed by atoms with Gasteiger partial charge in [0, 0.05) is 52.4 Å². The van der Waals surface area contributed by atoms with Gasteiger partial charge in [0.2, 0.25) is 0 Å². The van der Waals surface area contributed by atoms with Crippen LogP contribution in [0.1, 0.15) is 13.8 Å². The second-order valence-electron chi connectivity index (χ2n) is 5.13. The number of amides is 2. The predicted molar refractivity (Wildman–Crippen MR) is 72.8 cm³/mol. The molecule has 2 fully saturated rings. The van der Waals surface area contributed by atoms with Crippen LogP contribution in [0.5, 0.6) is 0 Å². The molecule has 0 aromatic rings. The molecule has 0 N–H and O–H groups in total. The van der Waals surface area contributed by atoms with Crippen LogP contribution in [0.2, 0.25) is 0 Å². The van der Waals surface area contributed by atoms with Crippen molar-refractivity contribution in [1.29, 1.82) is 0 Å². The Balaban J connectivity index is 2.01. The summed E-state index contributed by atoms with van der Waals surface area (Å²) in [4.78, 5) is 21.0. The maximum absolute atomic E-state index is 12.1. The van der Waals surface area contributed by atoms with Crippen LogP contribution >= 0.6 is 0 Å². The zero-order valence-corrected chi connectivity index (χ0v) is 11.8. The van der Waals surface area contributed by atoms with Gasteiger partial charge in [0.05, 0.1) is 0 Å². The number of carbonyl (C=O) groups is 1. The third-order valence-electron chi connectivity index (χ3n) is 4.18. The average Bonchev–Trinajstić information content (AvgIpc) is 2.71. The van der Waals surface area contributed by atoms with Gasteiger partial charge in [0.15, 0.2) is 0 Å². The summed E-state index contributed by atoms with van der Waals surface area (Å²) in [5.74, 6) is 0. The van der Waals surface area contributed by atoms with Gasteiger partial charge in [-0.2, -0.15) is 0 Å². The fourth-order valence-corrected chi connectivity index (χ4v) is 2.71. The maximum atomic E-state index is 12.1. The zero-order valence-electron chi connectivity index (χ0n) is 11.8. The molecule has 0 aliphatic carbocycles. The average molecular weight is 254 g/mol. The molecule has 0 atom stereocenters. The Morgan fingerprint density at radius 3 is 1.44 bits per heavy atom. The summed E-state index contributed by atoms with van der Waals surface area (Å²) in [5.41, 5.74) is 0. The molecule has 0 aromatic carbocycles. The summed E-state index contributed by atoms with van der Waals surface area (Å²) in [7, 11) is 0. The quantitative estimate of drug-likeness (QED) is 0.714. The lowest BCUT2D eigenvalue weighted by Gasteiger charge is -2.26. The topological polar surface area (TPSA) is 30.0 Å². The molecule has 0 radical (unpaired) electrons. The Bertz CT molecular complexity index is 258. The van der Waals surface area contributed by atoms with E-state index in [0.717, 1.165) is 65.4 Å². The number of rotatable bonds is 2. The van der Waals surface area contributed by atoms with E-state index in [4.69, 9.17) is 0 Å². The van der Waals surface area contributed by atoms with Gasteiger partial charge in [-0.3, -0.25) is 0 Å². The lowest BCUT2D eigenvalue weighted by molar-refractivity contribution is 0.186. The Morgan fingerprint density at radius 2 is 1.06 bits per heavy atom. The van der Waals surface area contributed by atoms with Crippen molar-refractivity contribution in [3.05, 3.63) is 0 Å². The van der Waals surface area contributed by atoms with E-state index in [-0.39, 0.29) is 6.03 Å². The molecule has 2 rings (SSSR count). The van der Waals surface area contributed by atoms with Crippen LogP contribution in [0.25, 0.3) is 0 Å². The van der Waals surface area contributed by atoms with E-state index in [1.165, 1.54) is 0 Å². The summed E-state index contributed by atoms with van der Waals surface area (Å²) in [6.45, 7) is 14.4. The third-order valence-corrected chi connectivity index (χ3v) is 4.18. The summed E-state index contributed by atoms with van der Waals surface area (Å²) < 4.78 is 0. The van der Waals surface area contributed by atoms with Gasteiger partial charge < -0.3 is 19.6 Å². The molecule has 2 saturated heterocycles. The van der Waals surface area contributed by atoms with Crippen molar-refractivity contribution in [2.45, 2.75) is 13.8 Å². The lowest BCUT2D eigenvalue weighted by Crippen LogP contribution is -2.39. The Kier molecular flexibility index (Phi) is 4.83. The van der Waals surface area contributed by atoms with Crippen molar-refractivity contribution in [2.75, 3.05) is 65.4 Å². The molecule has 2 amide bonds. The molecule has 0 spiro atoms. The van der Waals surface area contributed by atoms with Gasteiger partial charge in [-0.15, -0.1) is 0 Å². The van der Waals surface area contributed by atoms with Crippen LogP contribution in [0.15, 0.2) is 0 Å². The molecule has 2 heterocycles. The second kappa shape index (κ2) is 6.38. The Morgan fingerprint density at radius 1 is 0.722 bits per heavy atom. The molecule has 18 heavy (non-hydrogen) atoms. The van der Waals surface area contributed by atoms with Crippen LogP contribution in [-0.4, -0.2) is 91.1 Å². The highest BCUT2D eigenvalue weighted by Gasteiger charge is 2.28. The number of hydrogen-bond donors (Lipinski definition) is 0. The van der Waals surface area contributed by atoms with E-state index in [1.807, 2.05) is 9.80 Å². The second-order valence-corrected chi connectivity index (χ2v) is 5.13. The van der Waals surface area contributed by atoms with Crippen molar-refractivity contribution in [1.82, 2.24) is 19.6 Å². The van der Waals surface area contributed by atoms with Crippen LogP contribution in [-0.2, 0) is 0 Å². The van der Waals surface area contributed by atoms with E-state index < -0.39 is 0 Å². The highest BCUT2D eigenvalue weighted by atomic mass is 16.2. The predicted octanol–water partition coefficient (Wildman–Crippen LogP) is 0.381. The number of hydrogen-bond acceptors (Lipinski definition) is 3. The van der Waals surface area contributed by atoms with Gasteiger partial charge >= 0.3 is 6.03 Å². The molecule has 2 aliphatic rings. The summed E-state index contributed by atoms with van der Waals surface area (Å²) in [5, 5.41) is 0. The van der Waals surface area contributed by atoms with Crippen LogP contribution in [0.3, 0.4) is 0 Å². The molecule has 5 nitrogen and oxygen atoms in total. The number of nitrogens with zero attached hydrogens (tertiary/aromatic N) is 4. The Labute approximate surface area is 110 Å². The first-order valence-electron chi connectivity index (χ1n) is 7.23. The smallest absolute Gasteiger partial charge is 0.320 e. The fourth-order valence-electron chi connectivity index (χ4n) is 2.71. The standard InChI is InChI=1S/C13H26N4O/c1-3-14-5-6-15(4-2)8-10-17-12-11-16(9-7-14)13(17)18/h3-12H2,1-2H3. The van der Waals surface area contributed by atoms with Crippen molar-refractivity contribution >= 4 is 6.03 Å². The van der Waals surface area contributed by atoms with Gasteiger partial charge in [0.1, 0.15) is 0 Å². The maximum Gasteiger partial charge on any atom is 0.320 e. The van der Waals surface area contributed by atoms with Gasteiger partial charge in [-0.25, -0.2) is 4.79 Å². The first-order chi connectivity index (χ1) is 8.74. The minimum Gasteiger partial charge on any atom is -0.322 e. The summed E-state index contributed by atoms with van der Waals surface area (Å²) in [6, 6.07) is 0.240. The summed E-state index contributed by atoms with van der Waals surface area (Å²) in [6.07, 6.45) is 0. The van der Waals surface area contributed by atoms with Crippen molar-refractivity contribution < 1.29 is 4.79 Å². The van der Waals surface area contributed by atoms with Crippen molar-refractivity contribution in [2.24, 2.45) is 0 Å². The van der Waals surface area contributed by atoms with Gasteiger partial charge in [0.25, 0.3) is 0 Å². The van der Waals surface area contributed by atoms with Crippen LogP contribution in [0, 0.1) is 0 Å². The normalized spacial score (nSPS) is 24.4. The lowest BCUT2D eigenvalue weighted by atomic mass is 10.3. The van der Waals surface area contributed by atoms with Crippen molar-refractivity contribution in [3.63, 3.8) is 0 Å². The van der Waals surface area contributed by atoms with Gasteiger partial charge in [-0.05, 0) is 13.1 Å². The zero-order chi connectivity index (χ0) is 13.0. The van der Waals surface area contributed by atoms with Crippen molar-refractivity contribution in [3.8, 4) is 0 Å². The van der Waals surface area contributed by atoms with E-state index in [1.54, 1.807) is 0 Å². The minimum atomic E-state index is 0.240. The molecule has 104 valence electrons. The van der Waals surface area contributed by atoms with E-state index >= 15 is 0 Å². The molecular weight excluding hydrogens is 228 g/mol. The SMILES string of the molecule is CCN1CCN(CC)CCN2CCN(CC1)C2=O. The third kappa shape index (κ3) is 3.14. The number of urea groups is 1. The minimum absolute atomic E-state index is 0.240. The number of carbonyl (C=O) groups excluding carboxylic acids is 1. The van der Waals surface area contributed by atoms with E-state index in [2.05, 4.69) is 23.6 Å². The first-order valence-corrected chi connectivity index (χ1v) is 7.23. The molecular formula is C13H26N4O. The first kappa shape index (κ1) is 13.6.